The smallest absolute Gasteiger partial charge is 0.408 e. The molecule has 72 valence electrons. The van der Waals surface area contributed by atoms with Crippen LogP contribution in [0.5, 0.6) is 0 Å². The maximum atomic E-state index is 11.1. The average molecular weight is 193 g/mol. The first-order valence-corrected chi connectivity index (χ1v) is 3.84. The van der Waals surface area contributed by atoms with Gasteiger partial charge in [-0.25, -0.2) is 10.6 Å². The van der Waals surface area contributed by atoms with Gasteiger partial charge in [-0.1, -0.05) is 0 Å². The first-order valence-electron chi connectivity index (χ1n) is 3.84. The van der Waals surface area contributed by atoms with Crippen molar-refractivity contribution in [2.45, 2.75) is 0 Å². The third-order valence-corrected chi connectivity index (χ3v) is 1.81. The number of hydrazine groups is 1. The van der Waals surface area contributed by atoms with E-state index in [0.29, 0.717) is 16.7 Å². The standard InChI is InChI=1S/C8H7N3O3/c9-11-7(12)4-1-2-5-6(3-4)14-8(13)10-5/h1-3H,9H2,(H,10,13)(H,11,12). The number of fused-ring (bicyclic) bond motifs is 1. The van der Waals surface area contributed by atoms with Crippen LogP contribution in [-0.2, 0) is 0 Å². The Morgan fingerprint density at radius 1 is 1.50 bits per heavy atom. The van der Waals surface area contributed by atoms with Crippen molar-refractivity contribution in [3.63, 3.8) is 0 Å². The number of amides is 1. The summed E-state index contributed by atoms with van der Waals surface area (Å²) >= 11 is 0. The first-order chi connectivity index (χ1) is 6.70. The van der Waals surface area contributed by atoms with Gasteiger partial charge < -0.3 is 4.42 Å². The van der Waals surface area contributed by atoms with E-state index in [0.717, 1.165) is 0 Å². The minimum atomic E-state index is -0.551. The fraction of sp³-hybridized carbons (Fsp3) is 0. The van der Waals surface area contributed by atoms with E-state index in [9.17, 15) is 9.59 Å². The summed E-state index contributed by atoms with van der Waals surface area (Å²) in [6.07, 6.45) is 0. The molecule has 0 saturated carbocycles. The number of benzene rings is 1. The number of hydrogen-bond donors (Lipinski definition) is 3. The molecule has 1 aromatic carbocycles. The summed E-state index contributed by atoms with van der Waals surface area (Å²) in [6, 6.07) is 4.55. The molecule has 2 rings (SSSR count). The van der Waals surface area contributed by atoms with Gasteiger partial charge in [-0.05, 0) is 18.2 Å². The van der Waals surface area contributed by atoms with Gasteiger partial charge in [-0.2, -0.15) is 0 Å². The summed E-state index contributed by atoms with van der Waals surface area (Å²) in [5.74, 6) is 3.97. The SMILES string of the molecule is NNC(=O)c1ccc2[nH]c(=O)oc2c1. The Labute approximate surface area is 77.7 Å². The summed E-state index contributed by atoms with van der Waals surface area (Å²) in [6.45, 7) is 0. The van der Waals surface area contributed by atoms with Crippen molar-refractivity contribution < 1.29 is 9.21 Å². The third-order valence-electron chi connectivity index (χ3n) is 1.81. The quantitative estimate of drug-likeness (QED) is 0.329. The van der Waals surface area contributed by atoms with Crippen LogP contribution < -0.4 is 17.0 Å². The lowest BCUT2D eigenvalue weighted by molar-refractivity contribution is 0.0953. The number of carbonyl (C=O) groups is 1. The van der Waals surface area contributed by atoms with Gasteiger partial charge in [0.15, 0.2) is 5.58 Å². The third kappa shape index (κ3) is 1.27. The molecule has 0 aliphatic heterocycles. The maximum Gasteiger partial charge on any atom is 0.417 e. The molecule has 0 unspecified atom stereocenters. The predicted octanol–water partition coefficient (Wildman–Crippen LogP) is -0.275. The van der Waals surface area contributed by atoms with Crippen molar-refractivity contribution in [1.82, 2.24) is 10.4 Å². The zero-order valence-corrected chi connectivity index (χ0v) is 7.03. The lowest BCUT2D eigenvalue weighted by Crippen LogP contribution is -2.29. The lowest BCUT2D eigenvalue weighted by atomic mass is 10.2. The van der Waals surface area contributed by atoms with E-state index in [4.69, 9.17) is 10.3 Å². The number of rotatable bonds is 1. The molecule has 0 spiro atoms. The van der Waals surface area contributed by atoms with Gasteiger partial charge in [0.2, 0.25) is 0 Å². The molecule has 0 bridgehead atoms. The van der Waals surface area contributed by atoms with Crippen LogP contribution in [-0.4, -0.2) is 10.9 Å². The van der Waals surface area contributed by atoms with Crippen molar-refractivity contribution in [3.05, 3.63) is 34.3 Å². The minimum Gasteiger partial charge on any atom is -0.408 e. The number of nitrogens with two attached hydrogens (primary N) is 1. The molecule has 1 aromatic heterocycles. The summed E-state index contributed by atoms with van der Waals surface area (Å²) in [5, 5.41) is 0. The van der Waals surface area contributed by atoms with Crippen LogP contribution >= 0.6 is 0 Å². The number of oxazole rings is 1. The first kappa shape index (κ1) is 8.52. The number of H-pyrrole nitrogens is 1. The van der Waals surface area contributed by atoms with E-state index in [1.807, 2.05) is 5.43 Å². The topological polar surface area (TPSA) is 101 Å². The highest BCUT2D eigenvalue weighted by atomic mass is 16.4. The molecule has 0 radical (unpaired) electrons. The molecule has 1 heterocycles. The number of carbonyl (C=O) groups excluding carboxylic acids is 1. The molecule has 0 atom stereocenters. The number of aromatic amines is 1. The summed E-state index contributed by atoms with van der Waals surface area (Å²) in [4.78, 5) is 24.3. The van der Waals surface area contributed by atoms with Gasteiger partial charge in [0.1, 0.15) is 0 Å². The molecule has 6 heteroatoms. The van der Waals surface area contributed by atoms with Crippen LogP contribution in [0.25, 0.3) is 11.1 Å². The molecular formula is C8H7N3O3. The van der Waals surface area contributed by atoms with Crippen LogP contribution in [0.2, 0.25) is 0 Å². The number of nitrogen functional groups attached to an aromatic ring is 1. The zero-order valence-electron chi connectivity index (χ0n) is 7.03. The molecule has 0 saturated heterocycles. The Bertz CT molecular complexity index is 540. The molecule has 0 fully saturated rings. The van der Waals surface area contributed by atoms with E-state index in [-0.39, 0.29) is 0 Å². The summed E-state index contributed by atoms with van der Waals surface area (Å²) < 4.78 is 4.77. The predicted molar refractivity (Wildman–Crippen MR) is 48.5 cm³/mol. The van der Waals surface area contributed by atoms with E-state index in [1.54, 1.807) is 6.07 Å². The highest BCUT2D eigenvalue weighted by Gasteiger charge is 2.06. The Morgan fingerprint density at radius 3 is 3.00 bits per heavy atom. The van der Waals surface area contributed by atoms with Crippen LogP contribution in [0.4, 0.5) is 0 Å². The van der Waals surface area contributed by atoms with Crippen molar-refractivity contribution in [2.24, 2.45) is 5.84 Å². The molecule has 2 aromatic rings. The molecule has 4 N–H and O–H groups in total. The summed E-state index contributed by atoms with van der Waals surface area (Å²) in [7, 11) is 0. The normalized spacial score (nSPS) is 10.4. The number of nitrogens with one attached hydrogen (secondary N) is 2. The van der Waals surface area contributed by atoms with Crippen LogP contribution in [0.1, 0.15) is 10.4 Å². The zero-order chi connectivity index (χ0) is 10.1. The van der Waals surface area contributed by atoms with E-state index in [1.165, 1.54) is 12.1 Å². The van der Waals surface area contributed by atoms with Gasteiger partial charge in [0.05, 0.1) is 5.52 Å². The summed E-state index contributed by atoms with van der Waals surface area (Å²) in [5.41, 5.74) is 3.19. The second kappa shape index (κ2) is 3.00. The Morgan fingerprint density at radius 2 is 2.29 bits per heavy atom. The van der Waals surface area contributed by atoms with Gasteiger partial charge >= 0.3 is 5.76 Å². The van der Waals surface area contributed by atoms with E-state index >= 15 is 0 Å². The highest BCUT2D eigenvalue weighted by Crippen LogP contribution is 2.11. The second-order valence-corrected chi connectivity index (χ2v) is 2.70. The van der Waals surface area contributed by atoms with Gasteiger partial charge in [-0.15, -0.1) is 0 Å². The molecule has 0 aliphatic rings. The molecular weight excluding hydrogens is 186 g/mol. The number of aromatic nitrogens is 1. The molecule has 6 nitrogen and oxygen atoms in total. The Hall–Kier alpha value is -2.08. The Kier molecular flexibility index (Phi) is 1.83. The van der Waals surface area contributed by atoms with Crippen LogP contribution in [0.3, 0.4) is 0 Å². The van der Waals surface area contributed by atoms with Crippen molar-refractivity contribution in [2.75, 3.05) is 0 Å². The van der Waals surface area contributed by atoms with E-state index in [2.05, 4.69) is 4.98 Å². The van der Waals surface area contributed by atoms with Crippen molar-refractivity contribution in [1.29, 1.82) is 0 Å². The van der Waals surface area contributed by atoms with Gasteiger partial charge in [-0.3, -0.25) is 15.2 Å². The molecule has 0 aliphatic carbocycles. The Balaban J connectivity index is 2.61. The lowest BCUT2D eigenvalue weighted by Gasteiger charge is -1.97. The van der Waals surface area contributed by atoms with Crippen molar-refractivity contribution in [3.8, 4) is 0 Å². The average Bonchev–Trinajstić information content (AvgIpc) is 2.55. The highest BCUT2D eigenvalue weighted by molar-refractivity contribution is 5.96. The largest absolute Gasteiger partial charge is 0.417 e. The number of hydrogen-bond acceptors (Lipinski definition) is 4. The van der Waals surface area contributed by atoms with E-state index < -0.39 is 11.7 Å². The monoisotopic (exact) mass is 193 g/mol. The fourth-order valence-corrected chi connectivity index (χ4v) is 1.17. The molecule has 1 amide bonds. The fourth-order valence-electron chi connectivity index (χ4n) is 1.17. The van der Waals surface area contributed by atoms with Crippen molar-refractivity contribution >= 4 is 17.0 Å². The van der Waals surface area contributed by atoms with Gasteiger partial charge in [0.25, 0.3) is 5.91 Å². The van der Waals surface area contributed by atoms with Crippen LogP contribution in [0.15, 0.2) is 27.4 Å². The molecule has 14 heavy (non-hydrogen) atoms. The second-order valence-electron chi connectivity index (χ2n) is 2.70. The van der Waals surface area contributed by atoms with Gasteiger partial charge in [0, 0.05) is 5.56 Å². The minimum absolute atomic E-state index is 0.330. The maximum absolute atomic E-state index is 11.1. The van der Waals surface area contributed by atoms with Crippen LogP contribution in [0, 0.1) is 0 Å².